The standard InChI is InChI=1S/C20H22F2N2O5S/c1-4-28-18-13-14(5-11-17(18)29-20(21)22)6-12-19(25)23-15-7-9-16(10-8-15)30(26,27)24(2)3/h5-13,20H,4H2,1-3H3,(H,23,25)/b12-6+. The van der Waals surface area contributed by atoms with E-state index in [1.807, 2.05) is 0 Å². The molecule has 0 bridgehead atoms. The molecule has 7 nitrogen and oxygen atoms in total. The van der Waals surface area contributed by atoms with Gasteiger partial charge in [-0.25, -0.2) is 12.7 Å². The molecule has 1 amide bonds. The fourth-order valence-corrected chi connectivity index (χ4v) is 3.27. The van der Waals surface area contributed by atoms with Gasteiger partial charge in [-0.1, -0.05) is 6.07 Å². The van der Waals surface area contributed by atoms with E-state index in [-0.39, 0.29) is 23.0 Å². The van der Waals surface area contributed by atoms with Gasteiger partial charge in [-0.05, 0) is 55.0 Å². The Kier molecular flexibility index (Phi) is 7.90. The van der Waals surface area contributed by atoms with Crippen molar-refractivity contribution in [3.05, 3.63) is 54.1 Å². The maximum atomic E-state index is 12.5. The van der Waals surface area contributed by atoms with Gasteiger partial charge in [-0.3, -0.25) is 4.79 Å². The van der Waals surface area contributed by atoms with E-state index in [9.17, 15) is 22.0 Å². The largest absolute Gasteiger partial charge is 0.490 e. The second kappa shape index (κ2) is 10.2. The zero-order valence-corrected chi connectivity index (χ0v) is 17.4. The van der Waals surface area contributed by atoms with Gasteiger partial charge in [0.25, 0.3) is 0 Å². The van der Waals surface area contributed by atoms with E-state index in [1.165, 1.54) is 68.7 Å². The normalized spacial score (nSPS) is 11.8. The summed E-state index contributed by atoms with van der Waals surface area (Å²) < 4.78 is 59.8. The lowest BCUT2D eigenvalue weighted by atomic mass is 10.2. The quantitative estimate of drug-likeness (QED) is 0.603. The molecule has 2 aromatic rings. The minimum atomic E-state index is -3.55. The molecule has 0 aliphatic rings. The van der Waals surface area contributed by atoms with E-state index in [2.05, 4.69) is 10.1 Å². The zero-order chi connectivity index (χ0) is 22.3. The number of ether oxygens (including phenoxy) is 2. The lowest BCUT2D eigenvalue weighted by molar-refractivity contribution is -0.111. The number of benzene rings is 2. The average Bonchev–Trinajstić information content (AvgIpc) is 2.68. The maximum absolute atomic E-state index is 12.5. The molecule has 0 aliphatic carbocycles. The summed E-state index contributed by atoms with van der Waals surface area (Å²) in [7, 11) is -0.692. The molecule has 2 rings (SSSR count). The van der Waals surface area contributed by atoms with E-state index in [0.717, 1.165) is 4.31 Å². The molecule has 0 fully saturated rings. The third-order valence-electron chi connectivity index (χ3n) is 3.81. The zero-order valence-electron chi connectivity index (χ0n) is 16.6. The van der Waals surface area contributed by atoms with Crippen LogP contribution < -0.4 is 14.8 Å². The molecule has 10 heteroatoms. The fraction of sp³-hybridized carbons (Fsp3) is 0.250. The number of anilines is 1. The Hall–Kier alpha value is -2.98. The summed E-state index contributed by atoms with van der Waals surface area (Å²) in [5, 5.41) is 2.61. The molecule has 30 heavy (non-hydrogen) atoms. The van der Waals surface area contributed by atoms with E-state index in [1.54, 1.807) is 6.92 Å². The van der Waals surface area contributed by atoms with Gasteiger partial charge >= 0.3 is 6.61 Å². The Labute approximate surface area is 174 Å². The van der Waals surface area contributed by atoms with Crippen LogP contribution in [-0.2, 0) is 14.8 Å². The number of sulfonamides is 1. The minimum Gasteiger partial charge on any atom is -0.490 e. The Balaban J connectivity index is 2.08. The van der Waals surface area contributed by atoms with Gasteiger partial charge in [0.1, 0.15) is 0 Å². The van der Waals surface area contributed by atoms with Gasteiger partial charge < -0.3 is 14.8 Å². The van der Waals surface area contributed by atoms with Gasteiger partial charge in [0, 0.05) is 25.9 Å². The maximum Gasteiger partial charge on any atom is 0.387 e. The van der Waals surface area contributed by atoms with Gasteiger partial charge in [0.05, 0.1) is 11.5 Å². The van der Waals surface area contributed by atoms with Gasteiger partial charge in [-0.2, -0.15) is 8.78 Å². The van der Waals surface area contributed by atoms with Crippen molar-refractivity contribution in [2.75, 3.05) is 26.0 Å². The highest BCUT2D eigenvalue weighted by atomic mass is 32.2. The highest BCUT2D eigenvalue weighted by molar-refractivity contribution is 7.89. The van der Waals surface area contributed by atoms with Crippen LogP contribution in [0.4, 0.5) is 14.5 Å². The van der Waals surface area contributed by atoms with Gasteiger partial charge in [0.2, 0.25) is 15.9 Å². The Morgan fingerprint density at radius 2 is 1.80 bits per heavy atom. The average molecular weight is 440 g/mol. The Morgan fingerprint density at radius 1 is 1.13 bits per heavy atom. The fourth-order valence-electron chi connectivity index (χ4n) is 2.37. The first-order valence-electron chi connectivity index (χ1n) is 8.86. The van der Waals surface area contributed by atoms with Crippen molar-refractivity contribution in [3.8, 4) is 11.5 Å². The third kappa shape index (κ3) is 6.26. The molecule has 0 spiro atoms. The van der Waals surface area contributed by atoms with Crippen LogP contribution in [0.5, 0.6) is 11.5 Å². The molecular weight excluding hydrogens is 418 g/mol. The van der Waals surface area contributed by atoms with Crippen molar-refractivity contribution < 1.29 is 31.5 Å². The van der Waals surface area contributed by atoms with E-state index < -0.39 is 22.5 Å². The van der Waals surface area contributed by atoms with Crippen molar-refractivity contribution in [3.63, 3.8) is 0 Å². The van der Waals surface area contributed by atoms with E-state index in [4.69, 9.17) is 4.74 Å². The number of carbonyl (C=O) groups is 1. The molecule has 0 aliphatic heterocycles. The second-order valence-electron chi connectivity index (χ2n) is 6.15. The van der Waals surface area contributed by atoms with Crippen LogP contribution in [0.2, 0.25) is 0 Å². The van der Waals surface area contributed by atoms with Crippen LogP contribution in [0.25, 0.3) is 6.08 Å². The summed E-state index contributed by atoms with van der Waals surface area (Å²) in [6.07, 6.45) is 2.73. The van der Waals surface area contributed by atoms with Crippen LogP contribution in [-0.4, -0.2) is 45.9 Å². The van der Waals surface area contributed by atoms with Crippen molar-refractivity contribution in [2.24, 2.45) is 0 Å². The number of halogens is 2. The summed E-state index contributed by atoms with van der Waals surface area (Å²) in [5.74, 6) is -0.414. The molecule has 0 saturated carbocycles. The van der Waals surface area contributed by atoms with E-state index in [0.29, 0.717) is 11.3 Å². The minimum absolute atomic E-state index is 0.0961. The van der Waals surface area contributed by atoms with E-state index >= 15 is 0 Å². The van der Waals surface area contributed by atoms with Crippen molar-refractivity contribution in [1.82, 2.24) is 4.31 Å². The number of alkyl halides is 2. The molecular formula is C20H22F2N2O5S. The molecule has 0 heterocycles. The van der Waals surface area contributed by atoms with Crippen molar-refractivity contribution in [1.29, 1.82) is 0 Å². The first kappa shape index (κ1) is 23.3. The number of hydrogen-bond acceptors (Lipinski definition) is 5. The highest BCUT2D eigenvalue weighted by Gasteiger charge is 2.16. The monoisotopic (exact) mass is 440 g/mol. The molecule has 0 atom stereocenters. The predicted octanol–water partition coefficient (Wildman–Crippen LogP) is 3.59. The van der Waals surface area contributed by atoms with Crippen LogP contribution in [0.3, 0.4) is 0 Å². The summed E-state index contributed by atoms with van der Waals surface area (Å²) in [5.41, 5.74) is 0.959. The van der Waals surface area contributed by atoms with Crippen LogP contribution in [0, 0.1) is 0 Å². The van der Waals surface area contributed by atoms with Gasteiger partial charge in [0.15, 0.2) is 11.5 Å². The van der Waals surface area contributed by atoms with Gasteiger partial charge in [-0.15, -0.1) is 0 Å². The number of nitrogens with one attached hydrogen (secondary N) is 1. The van der Waals surface area contributed by atoms with Crippen LogP contribution in [0.1, 0.15) is 12.5 Å². The molecule has 0 radical (unpaired) electrons. The number of nitrogens with zero attached hydrogens (tertiary/aromatic N) is 1. The summed E-state index contributed by atoms with van der Waals surface area (Å²) in [4.78, 5) is 12.2. The smallest absolute Gasteiger partial charge is 0.387 e. The number of hydrogen-bond donors (Lipinski definition) is 1. The molecule has 0 saturated heterocycles. The summed E-state index contributed by atoms with van der Waals surface area (Å²) in [6.45, 7) is -1.01. The molecule has 162 valence electrons. The first-order valence-corrected chi connectivity index (χ1v) is 10.3. The Bertz CT molecular complexity index is 1010. The molecule has 2 aromatic carbocycles. The summed E-state index contributed by atoms with van der Waals surface area (Å²) in [6, 6.07) is 10.1. The molecule has 0 aromatic heterocycles. The first-order chi connectivity index (χ1) is 14.1. The summed E-state index contributed by atoms with van der Waals surface area (Å²) >= 11 is 0. The topological polar surface area (TPSA) is 84.9 Å². The number of carbonyl (C=O) groups excluding carboxylic acids is 1. The molecule has 1 N–H and O–H groups in total. The van der Waals surface area contributed by atoms with Crippen LogP contribution in [0.15, 0.2) is 53.4 Å². The number of rotatable bonds is 9. The number of amides is 1. The van der Waals surface area contributed by atoms with Crippen molar-refractivity contribution >= 4 is 27.7 Å². The van der Waals surface area contributed by atoms with Crippen LogP contribution >= 0.6 is 0 Å². The Morgan fingerprint density at radius 3 is 2.37 bits per heavy atom. The predicted molar refractivity (Wildman–Crippen MR) is 109 cm³/mol. The lowest BCUT2D eigenvalue weighted by Crippen LogP contribution is -2.22. The SMILES string of the molecule is CCOc1cc(/C=C/C(=O)Nc2ccc(S(=O)(=O)N(C)C)cc2)ccc1OC(F)F. The second-order valence-corrected chi connectivity index (χ2v) is 8.30. The highest BCUT2D eigenvalue weighted by Crippen LogP contribution is 2.30. The van der Waals surface area contributed by atoms with Crippen molar-refractivity contribution in [2.45, 2.75) is 18.4 Å². The third-order valence-corrected chi connectivity index (χ3v) is 5.64. The lowest BCUT2D eigenvalue weighted by Gasteiger charge is -2.12. The molecule has 0 unspecified atom stereocenters.